The van der Waals surface area contributed by atoms with Gasteiger partial charge in [0.1, 0.15) is 0 Å². The van der Waals surface area contributed by atoms with E-state index >= 15 is 0 Å². The highest BCUT2D eigenvalue weighted by atomic mass is 15.1. The van der Waals surface area contributed by atoms with Gasteiger partial charge in [-0.1, -0.05) is 19.9 Å². The van der Waals surface area contributed by atoms with Gasteiger partial charge in [-0.25, -0.2) is 0 Å². The second kappa shape index (κ2) is 7.61. The molecule has 0 spiro atoms. The number of likely N-dealkylation sites (tertiary alicyclic amines) is 1. The van der Waals surface area contributed by atoms with Crippen LogP contribution in [-0.4, -0.2) is 36.1 Å². The van der Waals surface area contributed by atoms with Crippen LogP contribution >= 0.6 is 0 Å². The van der Waals surface area contributed by atoms with Gasteiger partial charge in [0.2, 0.25) is 0 Å². The Morgan fingerprint density at radius 3 is 2.74 bits per heavy atom. The third-order valence-electron chi connectivity index (χ3n) is 3.80. The van der Waals surface area contributed by atoms with Crippen molar-refractivity contribution >= 4 is 0 Å². The Labute approximate surface area is 117 Å². The topological polar surface area (TPSA) is 28.2 Å². The Bertz CT molecular complexity index is 342. The molecule has 0 unspecified atom stereocenters. The van der Waals surface area contributed by atoms with Crippen LogP contribution in [0.4, 0.5) is 0 Å². The Hall–Kier alpha value is -0.930. The van der Waals surface area contributed by atoms with Crippen LogP contribution in [0.5, 0.6) is 0 Å². The molecule has 0 aliphatic carbocycles. The van der Waals surface area contributed by atoms with Crippen LogP contribution in [-0.2, 0) is 6.54 Å². The van der Waals surface area contributed by atoms with E-state index in [1.807, 2.05) is 12.3 Å². The van der Waals surface area contributed by atoms with Gasteiger partial charge in [0.25, 0.3) is 0 Å². The molecule has 0 saturated carbocycles. The first-order valence-corrected chi connectivity index (χ1v) is 7.57. The Morgan fingerprint density at radius 1 is 1.32 bits per heavy atom. The maximum atomic E-state index is 4.41. The quantitative estimate of drug-likeness (QED) is 0.853. The molecule has 1 aromatic rings. The summed E-state index contributed by atoms with van der Waals surface area (Å²) in [7, 11) is 0. The lowest BCUT2D eigenvalue weighted by Crippen LogP contribution is -2.37. The lowest BCUT2D eigenvalue weighted by Gasteiger charge is -2.32. The molecular weight excluding hydrogens is 234 g/mol. The standard InChI is InChI=1S/C16H27N3/c1-14(2)11-17-12-15-6-9-19(10-7-15)13-16-5-3-4-8-18-16/h3-5,8,14-15,17H,6-7,9-13H2,1-2H3. The highest BCUT2D eigenvalue weighted by molar-refractivity contribution is 5.03. The Morgan fingerprint density at radius 2 is 2.11 bits per heavy atom. The van der Waals surface area contributed by atoms with Gasteiger partial charge in [0, 0.05) is 12.7 Å². The van der Waals surface area contributed by atoms with Crippen LogP contribution in [0.2, 0.25) is 0 Å². The van der Waals surface area contributed by atoms with Crippen molar-refractivity contribution in [3.63, 3.8) is 0 Å². The normalized spacial score (nSPS) is 18.1. The zero-order valence-corrected chi connectivity index (χ0v) is 12.3. The average Bonchev–Trinajstić information content (AvgIpc) is 2.42. The molecule has 1 N–H and O–H groups in total. The van der Waals surface area contributed by atoms with Crippen molar-refractivity contribution in [3.8, 4) is 0 Å². The average molecular weight is 261 g/mol. The Balaban J connectivity index is 1.65. The van der Waals surface area contributed by atoms with Gasteiger partial charge in [-0.05, 0) is 63.0 Å². The van der Waals surface area contributed by atoms with Crippen molar-refractivity contribution in [2.24, 2.45) is 11.8 Å². The van der Waals surface area contributed by atoms with E-state index in [0.717, 1.165) is 24.9 Å². The number of piperidine rings is 1. The molecule has 3 heteroatoms. The first-order valence-electron chi connectivity index (χ1n) is 7.57. The maximum absolute atomic E-state index is 4.41. The Kier molecular flexibility index (Phi) is 5.80. The molecule has 106 valence electrons. The summed E-state index contributed by atoms with van der Waals surface area (Å²) < 4.78 is 0. The van der Waals surface area contributed by atoms with Crippen LogP contribution in [0.1, 0.15) is 32.4 Å². The number of pyridine rings is 1. The smallest absolute Gasteiger partial charge is 0.0543 e. The molecule has 0 bridgehead atoms. The molecule has 3 nitrogen and oxygen atoms in total. The number of hydrogen-bond acceptors (Lipinski definition) is 3. The fourth-order valence-corrected chi connectivity index (χ4v) is 2.65. The van der Waals surface area contributed by atoms with Gasteiger partial charge in [-0.3, -0.25) is 9.88 Å². The van der Waals surface area contributed by atoms with Crippen molar-refractivity contribution in [2.45, 2.75) is 33.2 Å². The molecule has 0 atom stereocenters. The lowest BCUT2D eigenvalue weighted by atomic mass is 9.96. The van der Waals surface area contributed by atoms with E-state index in [1.54, 1.807) is 0 Å². The minimum Gasteiger partial charge on any atom is -0.316 e. The number of rotatable bonds is 6. The zero-order chi connectivity index (χ0) is 13.5. The summed E-state index contributed by atoms with van der Waals surface area (Å²) in [5, 5.41) is 3.59. The highest BCUT2D eigenvalue weighted by Gasteiger charge is 2.19. The first-order chi connectivity index (χ1) is 9.24. The summed E-state index contributed by atoms with van der Waals surface area (Å²) in [6.07, 6.45) is 4.52. The fraction of sp³-hybridized carbons (Fsp3) is 0.688. The van der Waals surface area contributed by atoms with Gasteiger partial charge in [-0.15, -0.1) is 0 Å². The molecule has 0 aromatic carbocycles. The lowest BCUT2D eigenvalue weighted by molar-refractivity contribution is 0.173. The minimum atomic E-state index is 0.754. The van der Waals surface area contributed by atoms with Gasteiger partial charge in [0.15, 0.2) is 0 Å². The number of aromatic nitrogens is 1. The predicted molar refractivity (Wildman–Crippen MR) is 79.9 cm³/mol. The summed E-state index contributed by atoms with van der Waals surface area (Å²) >= 11 is 0. The van der Waals surface area contributed by atoms with E-state index in [1.165, 1.54) is 38.2 Å². The largest absolute Gasteiger partial charge is 0.316 e. The molecule has 1 saturated heterocycles. The van der Waals surface area contributed by atoms with Gasteiger partial charge < -0.3 is 5.32 Å². The molecule has 0 radical (unpaired) electrons. The van der Waals surface area contributed by atoms with E-state index in [-0.39, 0.29) is 0 Å². The SMILES string of the molecule is CC(C)CNCC1CCN(Cc2ccccn2)CC1. The summed E-state index contributed by atoms with van der Waals surface area (Å²) in [4.78, 5) is 6.94. The molecule has 2 heterocycles. The summed E-state index contributed by atoms with van der Waals surface area (Å²) in [6, 6.07) is 6.18. The molecule has 19 heavy (non-hydrogen) atoms. The van der Waals surface area contributed by atoms with Crippen LogP contribution in [0.25, 0.3) is 0 Å². The number of nitrogens with zero attached hydrogens (tertiary/aromatic N) is 2. The minimum absolute atomic E-state index is 0.754. The van der Waals surface area contributed by atoms with Crippen LogP contribution in [0.15, 0.2) is 24.4 Å². The van der Waals surface area contributed by atoms with E-state index in [0.29, 0.717) is 0 Å². The van der Waals surface area contributed by atoms with E-state index in [4.69, 9.17) is 0 Å². The van der Waals surface area contributed by atoms with Crippen molar-refractivity contribution in [1.29, 1.82) is 0 Å². The molecule has 2 rings (SSSR count). The predicted octanol–water partition coefficient (Wildman–Crippen LogP) is 2.54. The molecule has 1 aromatic heterocycles. The van der Waals surface area contributed by atoms with E-state index in [2.05, 4.69) is 41.2 Å². The molecular formula is C16H27N3. The van der Waals surface area contributed by atoms with Crippen molar-refractivity contribution < 1.29 is 0 Å². The van der Waals surface area contributed by atoms with Crippen molar-refractivity contribution in [1.82, 2.24) is 15.2 Å². The third kappa shape index (κ3) is 5.29. The van der Waals surface area contributed by atoms with Crippen LogP contribution in [0.3, 0.4) is 0 Å². The van der Waals surface area contributed by atoms with Crippen LogP contribution < -0.4 is 5.32 Å². The molecule has 1 aliphatic rings. The summed E-state index contributed by atoms with van der Waals surface area (Å²) in [5.41, 5.74) is 1.19. The fourth-order valence-electron chi connectivity index (χ4n) is 2.65. The monoisotopic (exact) mass is 261 g/mol. The third-order valence-corrected chi connectivity index (χ3v) is 3.80. The van der Waals surface area contributed by atoms with Crippen molar-refractivity contribution in [3.05, 3.63) is 30.1 Å². The van der Waals surface area contributed by atoms with Gasteiger partial charge in [0.05, 0.1) is 5.69 Å². The molecule has 1 aliphatic heterocycles. The second-order valence-corrected chi connectivity index (χ2v) is 6.09. The number of nitrogens with one attached hydrogen (secondary N) is 1. The summed E-state index contributed by atoms with van der Waals surface area (Å²) in [5.74, 6) is 1.61. The zero-order valence-electron chi connectivity index (χ0n) is 12.3. The van der Waals surface area contributed by atoms with E-state index < -0.39 is 0 Å². The summed E-state index contributed by atoms with van der Waals surface area (Å²) in [6.45, 7) is 10.3. The highest BCUT2D eigenvalue weighted by Crippen LogP contribution is 2.17. The van der Waals surface area contributed by atoms with Crippen molar-refractivity contribution in [2.75, 3.05) is 26.2 Å². The van der Waals surface area contributed by atoms with Gasteiger partial charge in [-0.2, -0.15) is 0 Å². The first kappa shape index (κ1) is 14.5. The number of hydrogen-bond donors (Lipinski definition) is 1. The van der Waals surface area contributed by atoms with Crippen LogP contribution in [0, 0.1) is 11.8 Å². The molecule has 0 amide bonds. The maximum Gasteiger partial charge on any atom is 0.0543 e. The van der Waals surface area contributed by atoms with E-state index in [9.17, 15) is 0 Å². The van der Waals surface area contributed by atoms with Gasteiger partial charge >= 0.3 is 0 Å². The molecule has 1 fully saturated rings. The second-order valence-electron chi connectivity index (χ2n) is 6.09.